The van der Waals surface area contributed by atoms with Gasteiger partial charge in [-0.3, -0.25) is 0 Å². The second kappa shape index (κ2) is 7.41. The summed E-state index contributed by atoms with van der Waals surface area (Å²) in [6.07, 6.45) is 1.85. The molecule has 84 valence electrons. The van der Waals surface area contributed by atoms with E-state index in [1.165, 1.54) is 0 Å². The predicted molar refractivity (Wildman–Crippen MR) is 63.1 cm³/mol. The van der Waals surface area contributed by atoms with E-state index in [9.17, 15) is 0 Å². The number of para-hydroxylation sites is 2. The highest BCUT2D eigenvalue weighted by molar-refractivity contribution is 6.17. The van der Waals surface area contributed by atoms with Gasteiger partial charge >= 0.3 is 0 Å². The van der Waals surface area contributed by atoms with E-state index in [1.54, 1.807) is 0 Å². The lowest BCUT2D eigenvalue weighted by atomic mass is 10.3. The van der Waals surface area contributed by atoms with E-state index in [0.717, 1.165) is 30.9 Å². The molecule has 0 fully saturated rings. The van der Waals surface area contributed by atoms with Crippen molar-refractivity contribution >= 4 is 11.6 Å². The summed E-state index contributed by atoms with van der Waals surface area (Å²) in [5.41, 5.74) is 0. The van der Waals surface area contributed by atoms with Crippen molar-refractivity contribution < 1.29 is 9.47 Å². The van der Waals surface area contributed by atoms with Gasteiger partial charge in [-0.2, -0.15) is 0 Å². The summed E-state index contributed by atoms with van der Waals surface area (Å²) < 4.78 is 11.1. The smallest absolute Gasteiger partial charge is 0.161 e. The van der Waals surface area contributed by atoms with Crippen LogP contribution in [0.5, 0.6) is 11.5 Å². The van der Waals surface area contributed by atoms with Crippen molar-refractivity contribution in [3.63, 3.8) is 0 Å². The van der Waals surface area contributed by atoms with E-state index in [4.69, 9.17) is 21.1 Å². The molecule has 0 atom stereocenters. The van der Waals surface area contributed by atoms with Crippen LogP contribution < -0.4 is 9.47 Å². The van der Waals surface area contributed by atoms with Crippen LogP contribution in [0, 0.1) is 0 Å². The first kappa shape index (κ1) is 12.2. The van der Waals surface area contributed by atoms with Crippen molar-refractivity contribution in [2.75, 3.05) is 19.1 Å². The van der Waals surface area contributed by atoms with Crippen molar-refractivity contribution in [2.45, 2.75) is 19.8 Å². The summed E-state index contributed by atoms with van der Waals surface area (Å²) in [5, 5.41) is 0. The van der Waals surface area contributed by atoms with Gasteiger partial charge in [0.15, 0.2) is 11.5 Å². The lowest BCUT2D eigenvalue weighted by molar-refractivity contribution is 0.269. The van der Waals surface area contributed by atoms with Crippen LogP contribution in [0.3, 0.4) is 0 Å². The van der Waals surface area contributed by atoms with Gasteiger partial charge in [-0.1, -0.05) is 19.1 Å². The summed E-state index contributed by atoms with van der Waals surface area (Å²) in [6, 6.07) is 7.72. The second-order valence-electron chi connectivity index (χ2n) is 3.19. The normalized spacial score (nSPS) is 10.0. The molecule has 0 N–H and O–H groups in total. The topological polar surface area (TPSA) is 18.5 Å². The highest BCUT2D eigenvalue weighted by Gasteiger charge is 2.02. The number of hydrogen-bond donors (Lipinski definition) is 0. The zero-order valence-corrected chi connectivity index (χ0v) is 9.80. The molecular weight excluding hydrogens is 212 g/mol. The molecule has 0 bridgehead atoms. The number of rotatable bonds is 7. The highest BCUT2D eigenvalue weighted by atomic mass is 35.5. The first-order valence-electron chi connectivity index (χ1n) is 5.29. The van der Waals surface area contributed by atoms with E-state index in [2.05, 4.69) is 6.92 Å². The van der Waals surface area contributed by atoms with Crippen molar-refractivity contribution in [1.82, 2.24) is 0 Å². The van der Waals surface area contributed by atoms with Gasteiger partial charge in [-0.15, -0.1) is 11.6 Å². The van der Waals surface area contributed by atoms with Crippen LogP contribution in [0.25, 0.3) is 0 Å². The molecule has 1 aromatic carbocycles. The third-order valence-electron chi connectivity index (χ3n) is 1.85. The minimum atomic E-state index is 0.623. The van der Waals surface area contributed by atoms with Crippen LogP contribution >= 0.6 is 11.6 Å². The van der Waals surface area contributed by atoms with Crippen molar-refractivity contribution in [3.8, 4) is 11.5 Å². The van der Waals surface area contributed by atoms with Gasteiger partial charge in [0.25, 0.3) is 0 Å². The molecule has 15 heavy (non-hydrogen) atoms. The fourth-order valence-corrected chi connectivity index (χ4v) is 1.25. The number of alkyl halides is 1. The Balaban J connectivity index is 2.52. The molecule has 0 amide bonds. The summed E-state index contributed by atoms with van der Waals surface area (Å²) in [6.45, 7) is 3.43. The molecule has 0 unspecified atom stereocenters. The Kier molecular flexibility index (Phi) is 6.02. The third kappa shape index (κ3) is 4.43. The number of halogens is 1. The molecule has 0 heterocycles. The average molecular weight is 229 g/mol. The van der Waals surface area contributed by atoms with E-state index in [0.29, 0.717) is 12.5 Å². The molecule has 0 saturated heterocycles. The molecule has 0 aromatic heterocycles. The van der Waals surface area contributed by atoms with Crippen molar-refractivity contribution in [2.24, 2.45) is 0 Å². The van der Waals surface area contributed by atoms with E-state index >= 15 is 0 Å². The molecule has 0 spiro atoms. The Morgan fingerprint density at radius 3 is 2.20 bits per heavy atom. The highest BCUT2D eigenvalue weighted by Crippen LogP contribution is 2.26. The Hall–Kier alpha value is -0.890. The monoisotopic (exact) mass is 228 g/mol. The standard InChI is InChI=1S/C12H17ClO2/c1-2-9-14-11-6-3-4-7-12(11)15-10-5-8-13/h3-4,6-7H,2,5,8-10H2,1H3. The lowest BCUT2D eigenvalue weighted by Crippen LogP contribution is -2.01. The van der Waals surface area contributed by atoms with Gasteiger partial charge in [-0.25, -0.2) is 0 Å². The lowest BCUT2D eigenvalue weighted by Gasteiger charge is -2.11. The minimum absolute atomic E-state index is 0.623. The maximum absolute atomic E-state index is 5.58. The zero-order valence-electron chi connectivity index (χ0n) is 9.04. The molecular formula is C12H17ClO2. The van der Waals surface area contributed by atoms with Gasteiger partial charge in [0.05, 0.1) is 13.2 Å². The van der Waals surface area contributed by atoms with Crippen LogP contribution in [0.15, 0.2) is 24.3 Å². The summed E-state index contributed by atoms with van der Waals surface area (Å²) >= 11 is 5.58. The molecule has 0 radical (unpaired) electrons. The van der Waals surface area contributed by atoms with E-state index in [-0.39, 0.29) is 0 Å². The van der Waals surface area contributed by atoms with Crippen LogP contribution in [0.4, 0.5) is 0 Å². The maximum Gasteiger partial charge on any atom is 0.161 e. The predicted octanol–water partition coefficient (Wildman–Crippen LogP) is 3.48. The fourth-order valence-electron chi connectivity index (χ4n) is 1.14. The summed E-state index contributed by atoms with van der Waals surface area (Å²) in [7, 11) is 0. The first-order valence-corrected chi connectivity index (χ1v) is 5.82. The maximum atomic E-state index is 5.58. The van der Waals surface area contributed by atoms with Crippen molar-refractivity contribution in [3.05, 3.63) is 24.3 Å². The largest absolute Gasteiger partial charge is 0.490 e. The van der Waals surface area contributed by atoms with Gasteiger partial charge in [0.2, 0.25) is 0 Å². The molecule has 3 heteroatoms. The van der Waals surface area contributed by atoms with Gasteiger partial charge in [0, 0.05) is 5.88 Å². The molecule has 0 saturated carbocycles. The fraction of sp³-hybridized carbons (Fsp3) is 0.500. The van der Waals surface area contributed by atoms with Gasteiger partial charge in [0.1, 0.15) is 0 Å². The molecule has 2 nitrogen and oxygen atoms in total. The van der Waals surface area contributed by atoms with Crippen molar-refractivity contribution in [1.29, 1.82) is 0 Å². The van der Waals surface area contributed by atoms with Crippen LogP contribution in [0.1, 0.15) is 19.8 Å². The van der Waals surface area contributed by atoms with Crippen LogP contribution in [-0.2, 0) is 0 Å². The summed E-state index contributed by atoms with van der Waals surface area (Å²) in [4.78, 5) is 0. The molecule has 0 aliphatic heterocycles. The number of hydrogen-bond acceptors (Lipinski definition) is 2. The second-order valence-corrected chi connectivity index (χ2v) is 3.56. The van der Waals surface area contributed by atoms with Crippen LogP contribution in [0.2, 0.25) is 0 Å². The molecule has 1 rings (SSSR count). The molecule has 1 aromatic rings. The molecule has 0 aliphatic carbocycles. The minimum Gasteiger partial charge on any atom is -0.490 e. The van der Waals surface area contributed by atoms with Crippen LogP contribution in [-0.4, -0.2) is 19.1 Å². The van der Waals surface area contributed by atoms with E-state index in [1.807, 2.05) is 24.3 Å². The Morgan fingerprint density at radius 2 is 1.67 bits per heavy atom. The summed E-state index contributed by atoms with van der Waals surface area (Å²) in [5.74, 6) is 2.24. The molecule has 0 aliphatic rings. The van der Waals surface area contributed by atoms with Gasteiger partial charge in [-0.05, 0) is 25.0 Å². The van der Waals surface area contributed by atoms with Gasteiger partial charge < -0.3 is 9.47 Å². The number of ether oxygens (including phenoxy) is 2. The first-order chi connectivity index (χ1) is 7.38. The Labute approximate surface area is 96.2 Å². The van der Waals surface area contributed by atoms with E-state index < -0.39 is 0 Å². The third-order valence-corrected chi connectivity index (χ3v) is 2.11. The SMILES string of the molecule is CCCOc1ccccc1OCCCCl. The quantitative estimate of drug-likeness (QED) is 0.526. The Bertz CT molecular complexity index is 276. The number of benzene rings is 1. The Morgan fingerprint density at radius 1 is 1.07 bits per heavy atom. The average Bonchev–Trinajstić information content (AvgIpc) is 2.28. The zero-order chi connectivity index (χ0) is 10.9.